The van der Waals surface area contributed by atoms with Gasteiger partial charge in [-0.25, -0.2) is 4.39 Å². The summed E-state index contributed by atoms with van der Waals surface area (Å²) in [5, 5.41) is 3.27. The lowest BCUT2D eigenvalue weighted by Gasteiger charge is -2.32. The van der Waals surface area contributed by atoms with E-state index < -0.39 is 0 Å². The first-order valence-electron chi connectivity index (χ1n) is 5.13. The molecule has 2 rings (SSSR count). The third kappa shape index (κ3) is 2.04. The van der Waals surface area contributed by atoms with E-state index in [1.54, 1.807) is 6.07 Å². The van der Waals surface area contributed by atoms with Crippen LogP contribution in [0, 0.1) is 5.82 Å². The van der Waals surface area contributed by atoms with E-state index >= 15 is 0 Å². The Bertz CT molecular complexity index is 356. The molecule has 2 atom stereocenters. The van der Waals surface area contributed by atoms with Crippen molar-refractivity contribution in [2.75, 3.05) is 11.9 Å². The second kappa shape index (κ2) is 4.06. The van der Waals surface area contributed by atoms with E-state index in [0.717, 1.165) is 12.1 Å². The number of benzene rings is 1. The van der Waals surface area contributed by atoms with Crippen LogP contribution in [0.25, 0.3) is 0 Å². The van der Waals surface area contributed by atoms with Crippen molar-refractivity contribution >= 4 is 5.69 Å². The lowest BCUT2D eigenvalue weighted by molar-refractivity contribution is 0.166. The number of halogens is 1. The Morgan fingerprint density at radius 3 is 3.07 bits per heavy atom. The zero-order valence-electron chi connectivity index (χ0n) is 8.66. The van der Waals surface area contributed by atoms with E-state index in [9.17, 15) is 4.39 Å². The van der Waals surface area contributed by atoms with Gasteiger partial charge in [-0.3, -0.25) is 0 Å². The van der Waals surface area contributed by atoms with Gasteiger partial charge in [0.1, 0.15) is 17.7 Å². The highest BCUT2D eigenvalue weighted by atomic mass is 19.1. The molecule has 2 unspecified atom stereocenters. The molecule has 1 heterocycles. The highest BCUT2D eigenvalue weighted by Gasteiger charge is 2.25. The van der Waals surface area contributed by atoms with Gasteiger partial charge >= 0.3 is 0 Å². The maximum atomic E-state index is 13.0. The summed E-state index contributed by atoms with van der Waals surface area (Å²) in [6.07, 6.45) is 0.786. The van der Waals surface area contributed by atoms with Crippen LogP contribution in [0.5, 0.6) is 5.75 Å². The van der Waals surface area contributed by atoms with Gasteiger partial charge in [0.15, 0.2) is 0 Å². The van der Waals surface area contributed by atoms with E-state index in [1.807, 2.05) is 6.92 Å². The van der Waals surface area contributed by atoms with E-state index in [-0.39, 0.29) is 18.0 Å². The number of anilines is 1. The topological polar surface area (TPSA) is 47.3 Å². The average molecular weight is 210 g/mol. The first-order chi connectivity index (χ1) is 7.20. The molecule has 0 radical (unpaired) electrons. The van der Waals surface area contributed by atoms with Gasteiger partial charge in [0.2, 0.25) is 0 Å². The molecule has 1 aromatic carbocycles. The Kier molecular flexibility index (Phi) is 2.77. The molecule has 0 spiro atoms. The second-order valence-corrected chi connectivity index (χ2v) is 3.81. The molecular formula is C11H15FN2O. The molecule has 0 aromatic heterocycles. The molecule has 0 aliphatic carbocycles. The van der Waals surface area contributed by atoms with Crippen LogP contribution in [0.15, 0.2) is 18.2 Å². The molecule has 0 bridgehead atoms. The van der Waals surface area contributed by atoms with Gasteiger partial charge in [0.05, 0.1) is 11.7 Å². The predicted molar refractivity (Wildman–Crippen MR) is 57.6 cm³/mol. The molecule has 15 heavy (non-hydrogen) atoms. The summed E-state index contributed by atoms with van der Waals surface area (Å²) in [6, 6.07) is 4.72. The van der Waals surface area contributed by atoms with Gasteiger partial charge in [-0.15, -0.1) is 0 Å². The van der Waals surface area contributed by atoms with Crippen LogP contribution >= 0.6 is 0 Å². The number of hydrogen-bond donors (Lipinski definition) is 2. The van der Waals surface area contributed by atoms with Crippen molar-refractivity contribution in [2.24, 2.45) is 5.73 Å². The molecule has 1 aromatic rings. The SMILES string of the molecule is CC1Nc2ccc(F)cc2OC1CCN. The molecule has 82 valence electrons. The van der Waals surface area contributed by atoms with Gasteiger partial charge in [-0.1, -0.05) is 0 Å². The Hall–Kier alpha value is -1.29. The quantitative estimate of drug-likeness (QED) is 0.781. The second-order valence-electron chi connectivity index (χ2n) is 3.81. The lowest BCUT2D eigenvalue weighted by atomic mass is 10.1. The smallest absolute Gasteiger partial charge is 0.145 e. The number of nitrogens with two attached hydrogens (primary N) is 1. The minimum Gasteiger partial charge on any atom is -0.486 e. The maximum absolute atomic E-state index is 13.0. The number of nitrogens with one attached hydrogen (secondary N) is 1. The van der Waals surface area contributed by atoms with Crippen molar-refractivity contribution in [3.63, 3.8) is 0 Å². The fourth-order valence-electron chi connectivity index (χ4n) is 1.79. The first kappa shape index (κ1) is 10.2. The number of fused-ring (bicyclic) bond motifs is 1. The normalized spacial score (nSPS) is 23.9. The van der Waals surface area contributed by atoms with Gasteiger partial charge in [-0.2, -0.15) is 0 Å². The first-order valence-corrected chi connectivity index (χ1v) is 5.13. The molecule has 0 fully saturated rings. The van der Waals surface area contributed by atoms with Crippen molar-refractivity contribution < 1.29 is 9.13 Å². The third-order valence-electron chi connectivity index (χ3n) is 2.61. The summed E-state index contributed by atoms with van der Waals surface area (Å²) in [4.78, 5) is 0. The largest absolute Gasteiger partial charge is 0.486 e. The molecule has 0 amide bonds. The highest BCUT2D eigenvalue weighted by molar-refractivity contribution is 5.58. The van der Waals surface area contributed by atoms with Crippen molar-refractivity contribution in [1.29, 1.82) is 0 Å². The molecule has 1 aliphatic rings. The van der Waals surface area contributed by atoms with Crippen LogP contribution in [0.4, 0.5) is 10.1 Å². The molecule has 0 saturated heterocycles. The summed E-state index contributed by atoms with van der Waals surface area (Å²) < 4.78 is 18.7. The Balaban J connectivity index is 2.22. The van der Waals surface area contributed by atoms with E-state index in [2.05, 4.69) is 5.32 Å². The number of hydrogen-bond acceptors (Lipinski definition) is 3. The lowest BCUT2D eigenvalue weighted by Crippen LogP contribution is -2.40. The van der Waals surface area contributed by atoms with Crippen molar-refractivity contribution in [2.45, 2.75) is 25.5 Å². The van der Waals surface area contributed by atoms with E-state index in [1.165, 1.54) is 12.1 Å². The zero-order valence-corrected chi connectivity index (χ0v) is 8.66. The van der Waals surface area contributed by atoms with Gasteiger partial charge in [0.25, 0.3) is 0 Å². The van der Waals surface area contributed by atoms with Crippen LogP contribution in [0.3, 0.4) is 0 Å². The molecule has 4 heteroatoms. The van der Waals surface area contributed by atoms with Crippen LogP contribution < -0.4 is 15.8 Å². The molecular weight excluding hydrogens is 195 g/mol. The summed E-state index contributed by atoms with van der Waals surface area (Å²) in [7, 11) is 0. The van der Waals surface area contributed by atoms with E-state index in [0.29, 0.717) is 12.3 Å². The fraction of sp³-hybridized carbons (Fsp3) is 0.455. The van der Waals surface area contributed by atoms with Crippen LogP contribution in [-0.4, -0.2) is 18.7 Å². The van der Waals surface area contributed by atoms with Gasteiger partial charge in [-0.05, 0) is 32.0 Å². The molecule has 0 saturated carbocycles. The summed E-state index contributed by atoms with van der Waals surface area (Å²) in [5.41, 5.74) is 6.33. The van der Waals surface area contributed by atoms with Crippen molar-refractivity contribution in [3.05, 3.63) is 24.0 Å². The third-order valence-corrected chi connectivity index (χ3v) is 2.61. The van der Waals surface area contributed by atoms with E-state index in [4.69, 9.17) is 10.5 Å². The molecule has 3 N–H and O–H groups in total. The summed E-state index contributed by atoms with van der Waals surface area (Å²) >= 11 is 0. The summed E-state index contributed by atoms with van der Waals surface area (Å²) in [5.74, 6) is 0.295. The van der Waals surface area contributed by atoms with Crippen molar-refractivity contribution in [3.8, 4) is 5.75 Å². The minimum atomic E-state index is -0.281. The number of ether oxygens (including phenoxy) is 1. The standard InChI is InChI=1S/C11H15FN2O/c1-7-10(4-5-13)15-11-6-8(12)2-3-9(11)14-7/h2-3,6-7,10,14H,4-5,13H2,1H3. The van der Waals surface area contributed by atoms with Gasteiger partial charge < -0.3 is 15.8 Å². The fourth-order valence-corrected chi connectivity index (χ4v) is 1.79. The zero-order chi connectivity index (χ0) is 10.8. The highest BCUT2D eigenvalue weighted by Crippen LogP contribution is 2.32. The molecule has 1 aliphatic heterocycles. The Morgan fingerprint density at radius 2 is 2.33 bits per heavy atom. The summed E-state index contributed by atoms with van der Waals surface area (Å²) in [6.45, 7) is 2.61. The Morgan fingerprint density at radius 1 is 1.53 bits per heavy atom. The van der Waals surface area contributed by atoms with Crippen LogP contribution in [-0.2, 0) is 0 Å². The van der Waals surface area contributed by atoms with Gasteiger partial charge in [0, 0.05) is 6.07 Å². The van der Waals surface area contributed by atoms with Crippen LogP contribution in [0.2, 0.25) is 0 Å². The minimum absolute atomic E-state index is 0.0179. The monoisotopic (exact) mass is 210 g/mol. The Labute approximate surface area is 88.4 Å². The van der Waals surface area contributed by atoms with Crippen molar-refractivity contribution in [1.82, 2.24) is 0 Å². The maximum Gasteiger partial charge on any atom is 0.145 e. The average Bonchev–Trinajstić information content (AvgIpc) is 2.20. The predicted octanol–water partition coefficient (Wildman–Crippen LogP) is 1.74. The van der Waals surface area contributed by atoms with Crippen LogP contribution in [0.1, 0.15) is 13.3 Å². The number of rotatable bonds is 2. The molecule has 3 nitrogen and oxygen atoms in total.